The number of aromatic amines is 1. The second-order valence-corrected chi connectivity index (χ2v) is 4.78. The van der Waals surface area contributed by atoms with Crippen LogP contribution in [-0.4, -0.2) is 19.6 Å². The highest BCUT2D eigenvalue weighted by atomic mass is 19.4. The Kier molecular flexibility index (Phi) is 3.70. The normalized spacial score (nSPS) is 11.9. The first-order valence-corrected chi connectivity index (χ1v) is 6.49. The molecule has 1 aromatic carbocycles. The Labute approximate surface area is 130 Å². The first kappa shape index (κ1) is 15.9. The molecule has 11 heteroatoms. The molecule has 126 valence electrons. The van der Waals surface area contributed by atoms with Crippen molar-refractivity contribution in [2.45, 2.75) is 12.7 Å². The molecule has 2 heterocycles. The molecule has 0 aliphatic rings. The van der Waals surface area contributed by atoms with Gasteiger partial charge in [0.1, 0.15) is 0 Å². The van der Waals surface area contributed by atoms with Gasteiger partial charge in [-0.15, -0.1) is 5.10 Å². The van der Waals surface area contributed by atoms with Gasteiger partial charge in [0, 0.05) is 23.5 Å². The zero-order chi connectivity index (χ0) is 17.5. The van der Waals surface area contributed by atoms with Crippen LogP contribution in [-0.2, 0) is 12.7 Å². The molecule has 0 aliphatic heterocycles. The molecule has 0 aliphatic carbocycles. The van der Waals surface area contributed by atoms with E-state index in [4.69, 9.17) is 0 Å². The molecule has 3 aromatic rings. The smallest absolute Gasteiger partial charge is 0.379 e. The van der Waals surface area contributed by atoms with E-state index >= 15 is 0 Å². The fourth-order valence-electron chi connectivity index (χ4n) is 1.96. The maximum absolute atomic E-state index is 13.1. The van der Waals surface area contributed by atoms with Crippen LogP contribution in [0.15, 0.2) is 29.1 Å². The summed E-state index contributed by atoms with van der Waals surface area (Å²) in [4.78, 5) is 17.5. The number of nitrogens with one attached hydrogen (secondary N) is 2. The Bertz CT molecular complexity index is 962. The molecule has 0 atom stereocenters. The molecule has 0 radical (unpaired) electrons. The lowest BCUT2D eigenvalue weighted by atomic mass is 10.3. The van der Waals surface area contributed by atoms with E-state index < -0.39 is 29.2 Å². The van der Waals surface area contributed by atoms with Crippen molar-refractivity contribution < 1.29 is 22.0 Å². The molecule has 2 N–H and O–H groups in total. The van der Waals surface area contributed by atoms with Gasteiger partial charge in [-0.05, 0) is 12.1 Å². The van der Waals surface area contributed by atoms with Crippen molar-refractivity contribution in [3.8, 4) is 0 Å². The van der Waals surface area contributed by atoms with Crippen molar-refractivity contribution in [1.29, 1.82) is 0 Å². The van der Waals surface area contributed by atoms with E-state index in [0.29, 0.717) is 4.52 Å². The minimum atomic E-state index is -4.78. The van der Waals surface area contributed by atoms with E-state index in [1.165, 1.54) is 6.07 Å². The minimum absolute atomic E-state index is 0.0506. The van der Waals surface area contributed by atoms with E-state index in [1.807, 2.05) is 0 Å². The molecule has 0 saturated carbocycles. The van der Waals surface area contributed by atoms with Gasteiger partial charge in [-0.2, -0.15) is 22.7 Å². The van der Waals surface area contributed by atoms with Crippen molar-refractivity contribution in [3.63, 3.8) is 0 Å². The Balaban J connectivity index is 1.87. The summed E-state index contributed by atoms with van der Waals surface area (Å²) in [6, 6.07) is 4.12. The molecule has 0 unspecified atom stereocenters. The van der Waals surface area contributed by atoms with Crippen molar-refractivity contribution in [1.82, 2.24) is 19.6 Å². The highest BCUT2D eigenvalue weighted by Gasteiger charge is 2.36. The minimum Gasteiger partial charge on any atom is -0.379 e. The molecule has 3 rings (SSSR count). The summed E-state index contributed by atoms with van der Waals surface area (Å²) in [7, 11) is 0. The molecule has 0 bridgehead atoms. The molecular weight excluding hydrogens is 337 g/mol. The van der Waals surface area contributed by atoms with Gasteiger partial charge in [0.15, 0.2) is 11.6 Å². The number of hydrogen-bond acceptors (Lipinski definition) is 4. The maximum atomic E-state index is 13.1. The number of nitrogens with zero attached hydrogens (tertiary/aromatic N) is 3. The third-order valence-electron chi connectivity index (χ3n) is 3.04. The van der Waals surface area contributed by atoms with Crippen LogP contribution in [0.2, 0.25) is 0 Å². The predicted molar refractivity (Wildman–Crippen MR) is 72.3 cm³/mol. The molecule has 0 fully saturated rings. The number of anilines is 1. The lowest BCUT2D eigenvalue weighted by Gasteiger charge is -2.07. The van der Waals surface area contributed by atoms with E-state index in [9.17, 15) is 26.7 Å². The summed E-state index contributed by atoms with van der Waals surface area (Å²) in [6.07, 6.45) is -4.78. The van der Waals surface area contributed by atoms with E-state index in [1.54, 1.807) is 0 Å². The van der Waals surface area contributed by atoms with Gasteiger partial charge in [0.05, 0.1) is 6.54 Å². The van der Waals surface area contributed by atoms with E-state index in [0.717, 1.165) is 18.2 Å². The molecule has 2 aromatic heterocycles. The van der Waals surface area contributed by atoms with Crippen LogP contribution in [0.4, 0.5) is 27.6 Å². The van der Waals surface area contributed by atoms with Gasteiger partial charge < -0.3 is 10.3 Å². The van der Waals surface area contributed by atoms with Crippen molar-refractivity contribution in [2.24, 2.45) is 0 Å². The van der Waals surface area contributed by atoms with Crippen LogP contribution in [0, 0.1) is 11.6 Å². The maximum Gasteiger partial charge on any atom is 0.453 e. The van der Waals surface area contributed by atoms with Crippen molar-refractivity contribution in [2.75, 3.05) is 5.32 Å². The molecular formula is C13H8F5N5O. The molecule has 0 saturated heterocycles. The number of aromatic nitrogens is 4. The topological polar surface area (TPSA) is 75.1 Å². The van der Waals surface area contributed by atoms with Gasteiger partial charge in [-0.3, -0.25) is 4.79 Å². The zero-order valence-corrected chi connectivity index (χ0v) is 11.7. The quantitative estimate of drug-likeness (QED) is 0.715. The lowest BCUT2D eigenvalue weighted by Crippen LogP contribution is -2.17. The first-order chi connectivity index (χ1) is 11.2. The Morgan fingerprint density at radius 1 is 1.17 bits per heavy atom. The number of alkyl halides is 3. The van der Waals surface area contributed by atoms with Crippen molar-refractivity contribution in [3.05, 3.63) is 57.8 Å². The monoisotopic (exact) mass is 345 g/mol. The van der Waals surface area contributed by atoms with Crippen LogP contribution in [0.1, 0.15) is 11.5 Å². The highest BCUT2D eigenvalue weighted by Crippen LogP contribution is 2.25. The number of hydrogen-bond donors (Lipinski definition) is 2. The second-order valence-electron chi connectivity index (χ2n) is 4.78. The number of benzene rings is 1. The number of H-pyrrole nitrogens is 1. The number of rotatable bonds is 3. The van der Waals surface area contributed by atoms with E-state index in [2.05, 4.69) is 20.4 Å². The standard InChI is InChI=1S/C13H8F5N5O/c14-8-2-1-6(3-9(8)15)19-5-7-4-10(24)23-12(20-7)21-11(22-23)13(16,17)18/h1-4,19H,5H2,(H,20,21,22). The number of fused-ring (bicyclic) bond motifs is 1. The predicted octanol–water partition coefficient (Wildman–Crippen LogP) is 2.33. The molecule has 0 spiro atoms. The Morgan fingerprint density at radius 3 is 2.58 bits per heavy atom. The van der Waals surface area contributed by atoms with Crippen LogP contribution in [0.3, 0.4) is 0 Å². The van der Waals surface area contributed by atoms with Gasteiger partial charge >= 0.3 is 6.18 Å². The SMILES string of the molecule is O=c1cc(CNc2ccc(F)c(F)c2)[nH]c2nc(C(F)(F)F)nn12. The third kappa shape index (κ3) is 3.05. The second kappa shape index (κ2) is 5.58. The van der Waals surface area contributed by atoms with Gasteiger partial charge in [-0.1, -0.05) is 0 Å². The summed E-state index contributed by atoms with van der Waals surface area (Å²) in [5.41, 5.74) is -0.390. The fraction of sp³-hybridized carbons (Fsp3) is 0.154. The van der Waals surface area contributed by atoms with Crippen LogP contribution in [0.25, 0.3) is 5.78 Å². The average Bonchev–Trinajstić information content (AvgIpc) is 2.93. The average molecular weight is 345 g/mol. The van der Waals surface area contributed by atoms with Gasteiger partial charge in [0.25, 0.3) is 11.4 Å². The van der Waals surface area contributed by atoms with Gasteiger partial charge in [0.2, 0.25) is 5.78 Å². The summed E-state index contributed by atoms with van der Waals surface area (Å²) >= 11 is 0. The first-order valence-electron chi connectivity index (χ1n) is 6.49. The fourth-order valence-corrected chi connectivity index (χ4v) is 1.96. The largest absolute Gasteiger partial charge is 0.453 e. The zero-order valence-electron chi connectivity index (χ0n) is 11.7. The lowest BCUT2D eigenvalue weighted by molar-refractivity contribution is -0.144. The Morgan fingerprint density at radius 2 is 1.92 bits per heavy atom. The van der Waals surface area contributed by atoms with Crippen molar-refractivity contribution >= 4 is 11.5 Å². The van der Waals surface area contributed by atoms with Crippen LogP contribution in [0.5, 0.6) is 0 Å². The summed E-state index contributed by atoms with van der Waals surface area (Å²) < 4.78 is 64.1. The summed E-state index contributed by atoms with van der Waals surface area (Å²) in [6.45, 7) is -0.0506. The number of halogens is 5. The summed E-state index contributed by atoms with van der Waals surface area (Å²) in [5.74, 6) is -3.90. The van der Waals surface area contributed by atoms with E-state index in [-0.39, 0.29) is 23.7 Å². The molecule has 0 amide bonds. The third-order valence-corrected chi connectivity index (χ3v) is 3.04. The molecule has 24 heavy (non-hydrogen) atoms. The highest BCUT2D eigenvalue weighted by molar-refractivity contribution is 5.44. The molecule has 6 nitrogen and oxygen atoms in total. The Hall–Kier alpha value is -2.98. The van der Waals surface area contributed by atoms with Gasteiger partial charge in [-0.25, -0.2) is 8.78 Å². The summed E-state index contributed by atoms with van der Waals surface area (Å²) in [5, 5.41) is 5.79. The van der Waals surface area contributed by atoms with Crippen LogP contribution < -0.4 is 10.9 Å². The van der Waals surface area contributed by atoms with Crippen LogP contribution >= 0.6 is 0 Å².